The number of nitrogens with one attached hydrogen (secondary N) is 2. The molecule has 2 N–H and O–H groups in total. The van der Waals surface area contributed by atoms with Crippen molar-refractivity contribution in [2.75, 3.05) is 33.2 Å². The Bertz CT molecular complexity index is 724. The molecule has 2 fully saturated rings. The third-order valence-corrected chi connectivity index (χ3v) is 7.01. The Kier molecular flexibility index (Phi) is 5.18. The van der Waals surface area contributed by atoms with Gasteiger partial charge in [0.05, 0.1) is 4.90 Å². The lowest BCUT2D eigenvalue weighted by molar-refractivity contribution is -0.132. The van der Waals surface area contributed by atoms with Crippen molar-refractivity contribution < 1.29 is 13.2 Å². The van der Waals surface area contributed by atoms with E-state index in [0.717, 1.165) is 37.9 Å². The molecule has 1 saturated heterocycles. The highest BCUT2D eigenvalue weighted by Gasteiger charge is 2.58. The van der Waals surface area contributed by atoms with E-state index in [4.69, 9.17) is 0 Å². The van der Waals surface area contributed by atoms with Crippen LogP contribution >= 0.6 is 0 Å². The summed E-state index contributed by atoms with van der Waals surface area (Å²) in [5, 5.41) is 3.34. The average Bonchev–Trinajstić information content (AvgIpc) is 3.27. The van der Waals surface area contributed by atoms with Gasteiger partial charge in [-0.3, -0.25) is 4.79 Å². The molecule has 6 nitrogen and oxygen atoms in total. The zero-order valence-corrected chi connectivity index (χ0v) is 15.7. The molecule has 7 heteroatoms. The predicted molar refractivity (Wildman–Crippen MR) is 96.6 cm³/mol. The minimum atomic E-state index is -3.53. The maximum Gasteiger partial charge on any atom is 0.240 e. The van der Waals surface area contributed by atoms with Gasteiger partial charge < -0.3 is 10.2 Å². The zero-order chi connectivity index (χ0) is 18.1. The van der Waals surface area contributed by atoms with Gasteiger partial charge in [0.1, 0.15) is 0 Å². The Morgan fingerprint density at radius 2 is 1.92 bits per heavy atom. The van der Waals surface area contributed by atoms with E-state index in [0.29, 0.717) is 6.54 Å². The number of hydrogen-bond donors (Lipinski definition) is 2. The fraction of sp³-hybridized carbons (Fsp3) is 0.611. The van der Waals surface area contributed by atoms with Crippen molar-refractivity contribution in [1.29, 1.82) is 0 Å². The fourth-order valence-electron chi connectivity index (χ4n) is 3.70. The lowest BCUT2D eigenvalue weighted by Crippen LogP contribution is -2.38. The third kappa shape index (κ3) is 4.04. The van der Waals surface area contributed by atoms with Crippen LogP contribution in [0.2, 0.25) is 0 Å². The lowest BCUT2D eigenvalue weighted by Gasteiger charge is -2.25. The topological polar surface area (TPSA) is 78.5 Å². The van der Waals surface area contributed by atoms with E-state index >= 15 is 0 Å². The molecule has 3 rings (SSSR count). The number of likely N-dealkylation sites (N-methyl/N-ethyl adjacent to an activating group) is 1. The second-order valence-electron chi connectivity index (χ2n) is 7.34. The molecule has 0 bridgehead atoms. The van der Waals surface area contributed by atoms with Crippen molar-refractivity contribution in [3.63, 3.8) is 0 Å². The van der Waals surface area contributed by atoms with E-state index in [2.05, 4.69) is 10.0 Å². The van der Waals surface area contributed by atoms with Gasteiger partial charge in [-0.15, -0.1) is 0 Å². The van der Waals surface area contributed by atoms with Crippen molar-refractivity contribution in [1.82, 2.24) is 14.9 Å². The fourth-order valence-corrected chi connectivity index (χ4v) is 4.72. The molecule has 1 aromatic rings. The van der Waals surface area contributed by atoms with E-state index in [9.17, 15) is 13.2 Å². The Labute approximate surface area is 150 Å². The Hall–Kier alpha value is -1.44. The van der Waals surface area contributed by atoms with E-state index in [1.54, 1.807) is 36.2 Å². The van der Waals surface area contributed by atoms with E-state index in [-0.39, 0.29) is 28.7 Å². The quantitative estimate of drug-likeness (QED) is 0.792. The summed E-state index contributed by atoms with van der Waals surface area (Å²) >= 11 is 0. The molecule has 1 saturated carbocycles. The van der Waals surface area contributed by atoms with Crippen molar-refractivity contribution in [2.24, 2.45) is 11.3 Å². The number of rotatable bonds is 6. The molecule has 2 aliphatic rings. The van der Waals surface area contributed by atoms with Gasteiger partial charge >= 0.3 is 0 Å². The molecule has 25 heavy (non-hydrogen) atoms. The third-order valence-electron chi connectivity index (χ3n) is 5.53. The second-order valence-corrected chi connectivity index (χ2v) is 9.11. The van der Waals surface area contributed by atoms with E-state index in [1.165, 1.54) is 0 Å². The number of piperidine rings is 1. The minimum absolute atomic E-state index is 0.119. The second kappa shape index (κ2) is 7.05. The van der Waals surface area contributed by atoms with Gasteiger partial charge in [0.2, 0.25) is 15.9 Å². The van der Waals surface area contributed by atoms with E-state index < -0.39 is 10.0 Å². The van der Waals surface area contributed by atoms with Gasteiger partial charge in [-0.1, -0.05) is 17.7 Å². The number of nitrogens with zero attached hydrogens (tertiary/aromatic N) is 1. The Morgan fingerprint density at radius 3 is 2.56 bits per heavy atom. The van der Waals surface area contributed by atoms with Crippen LogP contribution < -0.4 is 10.0 Å². The summed E-state index contributed by atoms with van der Waals surface area (Å²) in [6.07, 6.45) is 3.11. The molecule has 1 unspecified atom stereocenters. The molecular formula is C18H27N3O3S. The van der Waals surface area contributed by atoms with Crippen LogP contribution in [0.3, 0.4) is 0 Å². The van der Waals surface area contributed by atoms with Gasteiger partial charge in [0, 0.05) is 26.1 Å². The van der Waals surface area contributed by atoms with Gasteiger partial charge in [-0.25, -0.2) is 13.1 Å². The number of benzene rings is 1. The molecule has 0 aromatic heterocycles. The predicted octanol–water partition coefficient (Wildman–Crippen LogP) is 1.12. The molecule has 1 atom stereocenters. The number of aryl methyl sites for hydroxylation is 1. The zero-order valence-electron chi connectivity index (χ0n) is 14.9. The first kappa shape index (κ1) is 18.4. The molecule has 1 aliphatic heterocycles. The molecule has 0 radical (unpaired) electrons. The SMILES string of the molecule is Cc1ccc(S(=O)(=O)NCCN(C)C(=O)C2CC23CCNCC3)cc1. The van der Waals surface area contributed by atoms with Crippen molar-refractivity contribution >= 4 is 15.9 Å². The number of carbonyl (C=O) groups is 1. The molecule has 1 aliphatic carbocycles. The van der Waals surface area contributed by atoms with Crippen LogP contribution in [0.1, 0.15) is 24.8 Å². The molecule has 1 aromatic carbocycles. The van der Waals surface area contributed by atoms with E-state index in [1.807, 2.05) is 6.92 Å². The first-order chi connectivity index (χ1) is 11.8. The average molecular weight is 365 g/mol. The van der Waals surface area contributed by atoms with Crippen molar-refractivity contribution in [3.05, 3.63) is 29.8 Å². The maximum absolute atomic E-state index is 12.6. The highest BCUT2D eigenvalue weighted by Crippen LogP contribution is 2.59. The smallest absolute Gasteiger partial charge is 0.240 e. The molecule has 1 heterocycles. The standard InChI is InChI=1S/C18H27N3O3S/c1-14-3-5-15(6-4-14)25(23,24)20-11-12-21(2)17(22)16-13-18(16)7-9-19-10-8-18/h3-6,16,19-20H,7-13H2,1-2H3. The summed E-state index contributed by atoms with van der Waals surface area (Å²) in [7, 11) is -1.77. The van der Waals surface area contributed by atoms with Crippen LogP contribution in [-0.2, 0) is 14.8 Å². The summed E-state index contributed by atoms with van der Waals surface area (Å²) < 4.78 is 27.1. The summed E-state index contributed by atoms with van der Waals surface area (Å²) in [4.78, 5) is 14.5. The largest absolute Gasteiger partial charge is 0.344 e. The van der Waals surface area contributed by atoms with Gasteiger partial charge in [0.15, 0.2) is 0 Å². The molecule has 1 spiro atoms. The number of sulfonamides is 1. The highest BCUT2D eigenvalue weighted by atomic mass is 32.2. The van der Waals surface area contributed by atoms with Crippen molar-refractivity contribution in [3.8, 4) is 0 Å². The molecule has 138 valence electrons. The van der Waals surface area contributed by atoms with Crippen LogP contribution in [-0.4, -0.2) is 52.5 Å². The summed E-state index contributed by atoms with van der Waals surface area (Å²) in [5.41, 5.74) is 1.22. The lowest BCUT2D eigenvalue weighted by atomic mass is 9.91. The first-order valence-corrected chi connectivity index (χ1v) is 10.3. The Balaban J connectivity index is 1.48. The number of hydrogen-bond acceptors (Lipinski definition) is 4. The Morgan fingerprint density at radius 1 is 1.28 bits per heavy atom. The van der Waals surface area contributed by atoms with Crippen LogP contribution in [0.15, 0.2) is 29.2 Å². The monoisotopic (exact) mass is 365 g/mol. The van der Waals surface area contributed by atoms with Crippen LogP contribution in [0.25, 0.3) is 0 Å². The summed E-state index contributed by atoms with van der Waals surface area (Å²) in [5.74, 6) is 0.268. The van der Waals surface area contributed by atoms with Gasteiger partial charge in [-0.2, -0.15) is 0 Å². The molecule has 1 amide bonds. The molecular weight excluding hydrogens is 338 g/mol. The normalized spacial score (nSPS) is 21.9. The van der Waals surface area contributed by atoms with Crippen LogP contribution in [0, 0.1) is 18.3 Å². The number of amides is 1. The summed E-state index contributed by atoms with van der Waals surface area (Å²) in [6, 6.07) is 6.74. The van der Waals surface area contributed by atoms with Gasteiger partial charge in [0.25, 0.3) is 0 Å². The van der Waals surface area contributed by atoms with Crippen LogP contribution in [0.5, 0.6) is 0 Å². The van der Waals surface area contributed by atoms with Crippen LogP contribution in [0.4, 0.5) is 0 Å². The van der Waals surface area contributed by atoms with Crippen molar-refractivity contribution in [2.45, 2.75) is 31.1 Å². The van der Waals surface area contributed by atoms with Gasteiger partial charge in [-0.05, 0) is 56.8 Å². The summed E-state index contributed by atoms with van der Waals surface area (Å²) in [6.45, 7) is 4.50. The highest BCUT2D eigenvalue weighted by molar-refractivity contribution is 7.89. The number of carbonyl (C=O) groups excluding carboxylic acids is 1. The first-order valence-electron chi connectivity index (χ1n) is 8.86. The maximum atomic E-state index is 12.6. The minimum Gasteiger partial charge on any atom is -0.344 e.